The second-order valence-corrected chi connectivity index (χ2v) is 9.58. The second kappa shape index (κ2) is 8.22. The minimum absolute atomic E-state index is 0.142. The lowest BCUT2D eigenvalue weighted by Gasteiger charge is -2.35. The molecule has 3 N–H and O–H groups in total. The van der Waals surface area contributed by atoms with Crippen LogP contribution in [0.4, 0.5) is 0 Å². The van der Waals surface area contributed by atoms with Gasteiger partial charge in [0.2, 0.25) is 17.7 Å². The molecule has 1 spiro atoms. The van der Waals surface area contributed by atoms with Crippen LogP contribution in [-0.4, -0.2) is 71.2 Å². The number of fused-ring (bicyclic) bond motifs is 1. The summed E-state index contributed by atoms with van der Waals surface area (Å²) >= 11 is 0. The summed E-state index contributed by atoms with van der Waals surface area (Å²) in [5, 5.41) is 14.6. The highest BCUT2D eigenvalue weighted by molar-refractivity contribution is 5.99. The predicted octanol–water partition coefficient (Wildman–Crippen LogP) is 0.574. The molecule has 8 heteroatoms. The molecule has 3 heterocycles. The fraction of sp³-hybridized carbons (Fsp3) is 0.857. The number of nitrogens with one attached hydrogen (secondary N) is 2. The molecular weight excluding hydrogens is 374 g/mol. The number of ether oxygens (including phenoxy) is 1. The zero-order valence-corrected chi connectivity index (χ0v) is 18.0. The Morgan fingerprint density at radius 1 is 1.21 bits per heavy atom. The van der Waals surface area contributed by atoms with Gasteiger partial charge in [-0.1, -0.05) is 12.8 Å². The first-order valence-corrected chi connectivity index (χ1v) is 10.8. The van der Waals surface area contributed by atoms with Gasteiger partial charge >= 0.3 is 0 Å². The number of aliphatic hydroxyl groups is 1. The van der Waals surface area contributed by atoms with Crippen LogP contribution in [0.25, 0.3) is 0 Å². The van der Waals surface area contributed by atoms with E-state index >= 15 is 0 Å². The van der Waals surface area contributed by atoms with Crippen LogP contribution >= 0.6 is 0 Å². The summed E-state index contributed by atoms with van der Waals surface area (Å²) in [6.07, 6.45) is 4.24. The van der Waals surface area contributed by atoms with Crippen LogP contribution in [0.15, 0.2) is 0 Å². The zero-order valence-electron chi connectivity index (χ0n) is 18.0. The maximum Gasteiger partial charge on any atom is 0.246 e. The van der Waals surface area contributed by atoms with E-state index in [1.807, 2.05) is 20.8 Å². The third-order valence-electron chi connectivity index (χ3n) is 6.40. The third kappa shape index (κ3) is 3.89. The predicted molar refractivity (Wildman–Crippen MR) is 107 cm³/mol. The quantitative estimate of drug-likeness (QED) is 0.508. The highest BCUT2D eigenvalue weighted by Crippen LogP contribution is 2.58. The standard InChI is InChI=1S/C21H35N3O5/c1-20(2,3)23-18(27)16-21-10-9-13(29-21)14(17(26)22-4)15(21)19(28)24(16)11-7-5-6-8-12-25/h13-16,25H,5-12H2,1-4H3,(H,22,26)(H,23,27)/t13-,14+,15+,16?,21?/m1/s1. The molecule has 3 amide bonds. The summed E-state index contributed by atoms with van der Waals surface area (Å²) in [4.78, 5) is 41.0. The molecule has 5 atom stereocenters. The summed E-state index contributed by atoms with van der Waals surface area (Å²) in [5.41, 5.74) is -1.35. The minimum Gasteiger partial charge on any atom is -0.396 e. The van der Waals surface area contributed by atoms with Crippen LogP contribution < -0.4 is 10.6 Å². The van der Waals surface area contributed by atoms with Crippen LogP contribution in [0, 0.1) is 11.8 Å². The van der Waals surface area contributed by atoms with E-state index in [4.69, 9.17) is 9.84 Å². The van der Waals surface area contributed by atoms with Crippen LogP contribution in [0.3, 0.4) is 0 Å². The minimum atomic E-state index is -0.917. The summed E-state index contributed by atoms with van der Waals surface area (Å²) < 4.78 is 6.30. The topological polar surface area (TPSA) is 108 Å². The van der Waals surface area contributed by atoms with Crippen molar-refractivity contribution in [1.82, 2.24) is 15.5 Å². The van der Waals surface area contributed by atoms with Crippen molar-refractivity contribution in [3.05, 3.63) is 0 Å². The van der Waals surface area contributed by atoms with Gasteiger partial charge in [-0.15, -0.1) is 0 Å². The maximum absolute atomic E-state index is 13.4. The van der Waals surface area contributed by atoms with Gasteiger partial charge in [0.05, 0.1) is 17.9 Å². The number of carbonyl (C=O) groups excluding carboxylic acids is 3. The lowest BCUT2D eigenvalue weighted by molar-refractivity contribution is -0.142. The van der Waals surface area contributed by atoms with E-state index in [0.717, 1.165) is 25.7 Å². The summed E-state index contributed by atoms with van der Waals surface area (Å²) in [5.74, 6) is -1.67. The van der Waals surface area contributed by atoms with Crippen molar-refractivity contribution >= 4 is 17.7 Å². The molecule has 0 saturated carbocycles. The highest BCUT2D eigenvalue weighted by atomic mass is 16.5. The van der Waals surface area contributed by atoms with E-state index in [0.29, 0.717) is 19.4 Å². The molecule has 3 rings (SSSR count). The van der Waals surface area contributed by atoms with Gasteiger partial charge in [-0.05, 0) is 46.5 Å². The van der Waals surface area contributed by atoms with E-state index in [1.54, 1.807) is 11.9 Å². The van der Waals surface area contributed by atoms with Gasteiger partial charge in [0.15, 0.2) is 0 Å². The highest BCUT2D eigenvalue weighted by Gasteiger charge is 2.74. The molecule has 3 saturated heterocycles. The molecule has 3 aliphatic rings. The molecule has 29 heavy (non-hydrogen) atoms. The van der Waals surface area contributed by atoms with Gasteiger partial charge in [0.25, 0.3) is 0 Å². The van der Waals surface area contributed by atoms with Gasteiger partial charge in [-0.2, -0.15) is 0 Å². The molecule has 3 aliphatic heterocycles. The van der Waals surface area contributed by atoms with E-state index < -0.39 is 29.0 Å². The van der Waals surface area contributed by atoms with Gasteiger partial charge in [0, 0.05) is 25.7 Å². The Balaban J connectivity index is 1.87. The molecule has 3 fully saturated rings. The number of carbonyl (C=O) groups is 3. The molecule has 2 bridgehead atoms. The summed E-state index contributed by atoms with van der Waals surface area (Å²) in [6, 6.07) is -0.711. The maximum atomic E-state index is 13.4. The van der Waals surface area contributed by atoms with Crippen LogP contribution in [0.2, 0.25) is 0 Å². The molecule has 0 aromatic rings. The van der Waals surface area contributed by atoms with Crippen molar-refractivity contribution in [2.75, 3.05) is 20.2 Å². The lowest BCUT2D eigenvalue weighted by Crippen LogP contribution is -2.58. The Kier molecular flexibility index (Phi) is 6.24. The van der Waals surface area contributed by atoms with Gasteiger partial charge in [-0.3, -0.25) is 14.4 Å². The number of hydrogen-bond donors (Lipinski definition) is 3. The first-order chi connectivity index (χ1) is 13.7. The summed E-state index contributed by atoms with van der Waals surface area (Å²) in [6.45, 7) is 6.36. The number of nitrogens with zero attached hydrogens (tertiary/aromatic N) is 1. The number of amides is 3. The fourth-order valence-corrected chi connectivity index (χ4v) is 5.35. The Bertz CT molecular complexity index is 661. The number of likely N-dealkylation sites (tertiary alicyclic amines) is 1. The average molecular weight is 410 g/mol. The van der Waals surface area contributed by atoms with Crippen molar-refractivity contribution in [3.8, 4) is 0 Å². The Labute approximate surface area is 172 Å². The Morgan fingerprint density at radius 3 is 2.52 bits per heavy atom. The smallest absolute Gasteiger partial charge is 0.246 e. The van der Waals surface area contributed by atoms with Crippen molar-refractivity contribution in [2.24, 2.45) is 11.8 Å². The Morgan fingerprint density at radius 2 is 1.90 bits per heavy atom. The van der Waals surface area contributed by atoms with E-state index in [1.165, 1.54) is 0 Å². The van der Waals surface area contributed by atoms with Crippen molar-refractivity contribution in [2.45, 2.75) is 82.6 Å². The number of aliphatic hydroxyl groups excluding tert-OH is 1. The number of hydrogen-bond acceptors (Lipinski definition) is 5. The number of unbranched alkanes of at least 4 members (excludes halogenated alkanes) is 3. The molecule has 0 radical (unpaired) electrons. The molecule has 0 aromatic heterocycles. The summed E-state index contributed by atoms with van der Waals surface area (Å²) in [7, 11) is 1.57. The van der Waals surface area contributed by atoms with Gasteiger partial charge in [-0.25, -0.2) is 0 Å². The molecule has 8 nitrogen and oxygen atoms in total. The third-order valence-corrected chi connectivity index (χ3v) is 6.40. The first-order valence-electron chi connectivity index (χ1n) is 10.8. The Hall–Kier alpha value is -1.67. The van der Waals surface area contributed by atoms with Crippen LogP contribution in [0.1, 0.15) is 59.3 Å². The molecule has 0 aromatic carbocycles. The SMILES string of the molecule is CNC(=O)[C@@H]1[C@H]2C(=O)N(CCCCCCO)C(C(=O)NC(C)(C)C)C23CC[C@H]1O3. The lowest BCUT2D eigenvalue weighted by atomic mass is 9.70. The van der Waals surface area contributed by atoms with E-state index in [9.17, 15) is 14.4 Å². The van der Waals surface area contributed by atoms with Crippen LogP contribution in [-0.2, 0) is 19.1 Å². The molecule has 0 aliphatic carbocycles. The van der Waals surface area contributed by atoms with Gasteiger partial charge in [0.1, 0.15) is 11.6 Å². The van der Waals surface area contributed by atoms with Crippen molar-refractivity contribution in [1.29, 1.82) is 0 Å². The number of rotatable bonds is 8. The second-order valence-electron chi connectivity index (χ2n) is 9.58. The first kappa shape index (κ1) is 22.0. The van der Waals surface area contributed by atoms with E-state index in [-0.39, 0.29) is 30.4 Å². The van der Waals surface area contributed by atoms with Crippen molar-refractivity contribution < 1.29 is 24.2 Å². The largest absolute Gasteiger partial charge is 0.396 e. The average Bonchev–Trinajstić information content (AvgIpc) is 3.27. The van der Waals surface area contributed by atoms with Crippen molar-refractivity contribution in [3.63, 3.8) is 0 Å². The van der Waals surface area contributed by atoms with E-state index in [2.05, 4.69) is 10.6 Å². The normalized spacial score (nSPS) is 33.1. The van der Waals surface area contributed by atoms with Crippen LogP contribution in [0.5, 0.6) is 0 Å². The molecular formula is C21H35N3O5. The molecule has 2 unspecified atom stereocenters. The fourth-order valence-electron chi connectivity index (χ4n) is 5.35. The molecule has 164 valence electrons. The van der Waals surface area contributed by atoms with Gasteiger partial charge < -0.3 is 25.4 Å². The zero-order chi connectivity index (χ0) is 21.4. The monoisotopic (exact) mass is 409 g/mol.